The van der Waals surface area contributed by atoms with E-state index in [1.54, 1.807) is 18.3 Å². The van der Waals surface area contributed by atoms with Gasteiger partial charge in [-0.15, -0.1) is 0 Å². The molecular formula is C12H17N3O2S. The van der Waals surface area contributed by atoms with Gasteiger partial charge in [-0.3, -0.25) is 4.79 Å². The van der Waals surface area contributed by atoms with Gasteiger partial charge in [-0.1, -0.05) is 5.16 Å². The molecule has 98 valence electrons. The lowest BCUT2D eigenvalue weighted by Crippen LogP contribution is -2.41. The summed E-state index contributed by atoms with van der Waals surface area (Å²) in [5.74, 6) is -0.677. The molecule has 1 fully saturated rings. The maximum absolute atomic E-state index is 12.3. The van der Waals surface area contributed by atoms with Crippen molar-refractivity contribution in [2.24, 2.45) is 16.8 Å². The first-order chi connectivity index (χ1) is 8.63. The largest absolute Gasteiger partial charge is 0.409 e. The van der Waals surface area contributed by atoms with Crippen LogP contribution < -0.4 is 5.73 Å². The number of rotatable bonds is 5. The zero-order valence-electron chi connectivity index (χ0n) is 10.2. The number of nitrogens with zero attached hydrogens (tertiary/aromatic N) is 2. The predicted molar refractivity (Wildman–Crippen MR) is 70.5 cm³/mol. The van der Waals surface area contributed by atoms with E-state index in [1.165, 1.54) is 0 Å². The molecule has 0 aliphatic heterocycles. The summed E-state index contributed by atoms with van der Waals surface area (Å²) in [4.78, 5) is 14.1. The first-order valence-corrected chi connectivity index (χ1v) is 6.86. The van der Waals surface area contributed by atoms with Gasteiger partial charge in [0.15, 0.2) is 5.84 Å². The number of hydrogen-bond acceptors (Lipinski definition) is 4. The van der Waals surface area contributed by atoms with Gasteiger partial charge >= 0.3 is 0 Å². The standard InChI is InChI=1S/C12H17N3O2S/c1-8(11(13)14-17)12(16)15(10-2-3-10)6-9-4-5-18-7-9/h4-5,7-8,10,17H,2-3,6H2,1H3,(H2,13,14). The van der Waals surface area contributed by atoms with Crippen LogP contribution in [0.4, 0.5) is 0 Å². The minimum Gasteiger partial charge on any atom is -0.409 e. The molecule has 2 rings (SSSR count). The van der Waals surface area contributed by atoms with Crippen LogP contribution in [0.1, 0.15) is 25.3 Å². The summed E-state index contributed by atoms with van der Waals surface area (Å²) in [6, 6.07) is 2.33. The van der Waals surface area contributed by atoms with Crippen LogP contribution in [0.25, 0.3) is 0 Å². The van der Waals surface area contributed by atoms with Crippen LogP contribution >= 0.6 is 11.3 Å². The lowest BCUT2D eigenvalue weighted by molar-refractivity contribution is -0.134. The Kier molecular flexibility index (Phi) is 3.86. The molecule has 0 spiro atoms. The van der Waals surface area contributed by atoms with Gasteiger partial charge in [-0.2, -0.15) is 11.3 Å². The number of oxime groups is 1. The van der Waals surface area contributed by atoms with E-state index in [0.717, 1.165) is 18.4 Å². The van der Waals surface area contributed by atoms with Gasteiger partial charge in [0.05, 0.1) is 5.92 Å². The average Bonchev–Trinajstić information content (AvgIpc) is 3.10. The Bertz CT molecular complexity index is 440. The van der Waals surface area contributed by atoms with Crippen LogP contribution in [0.5, 0.6) is 0 Å². The summed E-state index contributed by atoms with van der Waals surface area (Å²) < 4.78 is 0. The molecule has 0 aromatic carbocycles. The van der Waals surface area contributed by atoms with Crippen molar-refractivity contribution < 1.29 is 10.0 Å². The summed E-state index contributed by atoms with van der Waals surface area (Å²) in [6.45, 7) is 2.27. The van der Waals surface area contributed by atoms with E-state index in [-0.39, 0.29) is 11.7 Å². The fourth-order valence-corrected chi connectivity index (χ4v) is 2.47. The molecular weight excluding hydrogens is 250 g/mol. The highest BCUT2D eigenvalue weighted by molar-refractivity contribution is 7.07. The van der Waals surface area contributed by atoms with Gasteiger partial charge in [0.2, 0.25) is 5.91 Å². The van der Waals surface area contributed by atoms with Crippen LogP contribution in [-0.4, -0.2) is 27.9 Å². The molecule has 0 radical (unpaired) electrons. The average molecular weight is 267 g/mol. The molecule has 1 aliphatic rings. The van der Waals surface area contributed by atoms with Crippen molar-refractivity contribution in [2.75, 3.05) is 0 Å². The Morgan fingerprint density at radius 3 is 2.94 bits per heavy atom. The van der Waals surface area contributed by atoms with E-state index in [1.807, 2.05) is 21.7 Å². The van der Waals surface area contributed by atoms with Crippen molar-refractivity contribution in [3.8, 4) is 0 Å². The number of hydrogen-bond donors (Lipinski definition) is 2. The van der Waals surface area contributed by atoms with Gasteiger partial charge in [-0.25, -0.2) is 0 Å². The molecule has 6 heteroatoms. The first kappa shape index (κ1) is 12.9. The summed E-state index contributed by atoms with van der Waals surface area (Å²) in [7, 11) is 0. The molecule has 1 saturated carbocycles. The van der Waals surface area contributed by atoms with Crippen molar-refractivity contribution in [2.45, 2.75) is 32.4 Å². The van der Waals surface area contributed by atoms with E-state index in [2.05, 4.69) is 5.16 Å². The molecule has 1 unspecified atom stereocenters. The molecule has 1 heterocycles. The van der Waals surface area contributed by atoms with Gasteiger partial charge in [0.25, 0.3) is 0 Å². The van der Waals surface area contributed by atoms with Crippen LogP contribution in [0, 0.1) is 5.92 Å². The second kappa shape index (κ2) is 5.39. The van der Waals surface area contributed by atoms with Gasteiger partial charge < -0.3 is 15.8 Å². The minimum atomic E-state index is -0.575. The number of nitrogens with two attached hydrogens (primary N) is 1. The topological polar surface area (TPSA) is 78.9 Å². The Labute approximate surface area is 110 Å². The number of carbonyl (C=O) groups excluding carboxylic acids is 1. The van der Waals surface area contributed by atoms with Crippen molar-refractivity contribution in [1.82, 2.24) is 4.90 Å². The van der Waals surface area contributed by atoms with Gasteiger partial charge in [0.1, 0.15) is 0 Å². The summed E-state index contributed by atoms with van der Waals surface area (Å²) >= 11 is 1.62. The molecule has 0 saturated heterocycles. The molecule has 1 aromatic heterocycles. The highest BCUT2D eigenvalue weighted by Crippen LogP contribution is 2.30. The van der Waals surface area contributed by atoms with E-state index < -0.39 is 5.92 Å². The van der Waals surface area contributed by atoms with Crippen LogP contribution in [-0.2, 0) is 11.3 Å². The highest BCUT2D eigenvalue weighted by Gasteiger charge is 2.35. The molecule has 5 nitrogen and oxygen atoms in total. The van der Waals surface area contributed by atoms with E-state index in [0.29, 0.717) is 12.6 Å². The number of amidine groups is 1. The van der Waals surface area contributed by atoms with E-state index >= 15 is 0 Å². The lowest BCUT2D eigenvalue weighted by atomic mass is 10.1. The molecule has 1 aliphatic carbocycles. The van der Waals surface area contributed by atoms with Crippen LogP contribution in [0.3, 0.4) is 0 Å². The predicted octanol–water partition coefficient (Wildman–Crippen LogP) is 1.62. The molecule has 1 amide bonds. The summed E-state index contributed by atoms with van der Waals surface area (Å²) in [6.07, 6.45) is 2.08. The van der Waals surface area contributed by atoms with Gasteiger partial charge in [-0.05, 0) is 42.2 Å². The van der Waals surface area contributed by atoms with Crippen LogP contribution in [0.2, 0.25) is 0 Å². The van der Waals surface area contributed by atoms with Gasteiger partial charge in [0, 0.05) is 12.6 Å². The number of amides is 1. The minimum absolute atomic E-state index is 0.0315. The van der Waals surface area contributed by atoms with E-state index in [9.17, 15) is 4.79 Å². The Balaban J connectivity index is 2.08. The number of carbonyl (C=O) groups is 1. The Morgan fingerprint density at radius 2 is 2.44 bits per heavy atom. The molecule has 1 aromatic rings. The lowest BCUT2D eigenvalue weighted by Gasteiger charge is -2.25. The zero-order chi connectivity index (χ0) is 13.1. The fourth-order valence-electron chi connectivity index (χ4n) is 1.81. The highest BCUT2D eigenvalue weighted by atomic mass is 32.1. The second-order valence-corrected chi connectivity index (χ2v) is 5.36. The van der Waals surface area contributed by atoms with Crippen LogP contribution in [0.15, 0.2) is 22.0 Å². The Hall–Kier alpha value is -1.56. The summed E-state index contributed by atoms with van der Waals surface area (Å²) in [5.41, 5.74) is 6.64. The SMILES string of the molecule is CC(C(=O)N(Cc1ccsc1)C1CC1)C(N)=NO. The van der Waals surface area contributed by atoms with Crippen molar-refractivity contribution in [3.63, 3.8) is 0 Å². The smallest absolute Gasteiger partial charge is 0.233 e. The van der Waals surface area contributed by atoms with Crippen molar-refractivity contribution in [3.05, 3.63) is 22.4 Å². The Morgan fingerprint density at radius 1 is 1.72 bits per heavy atom. The second-order valence-electron chi connectivity index (χ2n) is 4.58. The quantitative estimate of drug-likeness (QED) is 0.368. The van der Waals surface area contributed by atoms with Crippen molar-refractivity contribution >= 4 is 23.1 Å². The third-order valence-corrected chi connectivity index (χ3v) is 3.87. The fraction of sp³-hybridized carbons (Fsp3) is 0.500. The third kappa shape index (κ3) is 2.81. The maximum Gasteiger partial charge on any atom is 0.233 e. The van der Waals surface area contributed by atoms with E-state index in [4.69, 9.17) is 10.9 Å². The normalized spacial score (nSPS) is 17.5. The molecule has 18 heavy (non-hydrogen) atoms. The van der Waals surface area contributed by atoms with Crippen molar-refractivity contribution in [1.29, 1.82) is 0 Å². The third-order valence-electron chi connectivity index (χ3n) is 3.13. The maximum atomic E-state index is 12.3. The molecule has 3 N–H and O–H groups in total. The summed E-state index contributed by atoms with van der Waals surface area (Å²) in [5, 5.41) is 15.6. The first-order valence-electron chi connectivity index (χ1n) is 5.92. The molecule has 0 bridgehead atoms. The monoisotopic (exact) mass is 267 g/mol. The molecule has 1 atom stereocenters. The number of thiophene rings is 1. The zero-order valence-corrected chi connectivity index (χ0v) is 11.1.